The second-order valence-electron chi connectivity index (χ2n) is 5.08. The van der Waals surface area contributed by atoms with Crippen LogP contribution in [0.4, 0.5) is 0 Å². The van der Waals surface area contributed by atoms with Gasteiger partial charge in [-0.15, -0.1) is 0 Å². The molecule has 1 aromatic rings. The van der Waals surface area contributed by atoms with E-state index < -0.39 is 0 Å². The largest absolute Gasteiger partial charge is 0.396 e. The van der Waals surface area contributed by atoms with Gasteiger partial charge in [0.25, 0.3) is 5.91 Å². The number of rotatable bonds is 4. The van der Waals surface area contributed by atoms with E-state index in [2.05, 4.69) is 22.2 Å². The zero-order valence-corrected chi connectivity index (χ0v) is 11.3. The molecule has 0 aromatic carbocycles. The predicted molar refractivity (Wildman–Crippen MR) is 73.0 cm³/mol. The average Bonchev–Trinajstić information content (AvgIpc) is 2.39. The van der Waals surface area contributed by atoms with Crippen LogP contribution in [-0.2, 0) is 6.42 Å². The zero-order chi connectivity index (χ0) is 13.7. The Kier molecular flexibility index (Phi) is 4.87. The van der Waals surface area contributed by atoms with E-state index in [-0.39, 0.29) is 18.6 Å². The Balaban J connectivity index is 1.97. The highest BCUT2D eigenvalue weighted by Crippen LogP contribution is 2.09. The summed E-state index contributed by atoms with van der Waals surface area (Å²) in [6.07, 6.45) is 4.25. The molecule has 0 spiro atoms. The van der Waals surface area contributed by atoms with Crippen molar-refractivity contribution < 1.29 is 9.90 Å². The highest BCUT2D eigenvalue weighted by Gasteiger charge is 2.19. The lowest BCUT2D eigenvalue weighted by molar-refractivity contribution is 0.0912. The Bertz CT molecular complexity index is 436. The maximum atomic E-state index is 12.2. The SMILES string of the molecule is CN1CCCC(NC(=O)c2ccnc(CCO)c2)C1. The van der Waals surface area contributed by atoms with Gasteiger partial charge in [-0.1, -0.05) is 0 Å². The Morgan fingerprint density at radius 1 is 1.63 bits per heavy atom. The summed E-state index contributed by atoms with van der Waals surface area (Å²) in [6.45, 7) is 2.05. The number of hydrogen-bond donors (Lipinski definition) is 2. The summed E-state index contributed by atoms with van der Waals surface area (Å²) in [6, 6.07) is 3.68. The van der Waals surface area contributed by atoms with E-state index >= 15 is 0 Å². The average molecular weight is 263 g/mol. The summed E-state index contributed by atoms with van der Waals surface area (Å²) >= 11 is 0. The third kappa shape index (κ3) is 4.01. The number of aliphatic hydroxyl groups excluding tert-OH is 1. The number of aliphatic hydroxyl groups is 1. The summed E-state index contributed by atoms with van der Waals surface area (Å²) in [7, 11) is 2.07. The molecule has 1 fully saturated rings. The highest BCUT2D eigenvalue weighted by molar-refractivity contribution is 5.94. The number of pyridine rings is 1. The molecular formula is C14H21N3O2. The van der Waals surface area contributed by atoms with E-state index in [9.17, 15) is 4.79 Å². The number of piperidine rings is 1. The number of nitrogens with one attached hydrogen (secondary N) is 1. The fraction of sp³-hybridized carbons (Fsp3) is 0.571. The van der Waals surface area contributed by atoms with E-state index in [4.69, 9.17) is 5.11 Å². The number of aromatic nitrogens is 1. The lowest BCUT2D eigenvalue weighted by atomic mass is 10.1. The van der Waals surface area contributed by atoms with E-state index in [0.29, 0.717) is 12.0 Å². The molecule has 1 unspecified atom stereocenters. The van der Waals surface area contributed by atoms with Gasteiger partial charge in [0.15, 0.2) is 0 Å². The minimum atomic E-state index is -0.0538. The lowest BCUT2D eigenvalue weighted by Gasteiger charge is -2.30. The maximum Gasteiger partial charge on any atom is 0.251 e. The van der Waals surface area contributed by atoms with Gasteiger partial charge in [0.1, 0.15) is 0 Å². The van der Waals surface area contributed by atoms with Crippen molar-refractivity contribution in [3.8, 4) is 0 Å². The van der Waals surface area contributed by atoms with Gasteiger partial charge in [-0.25, -0.2) is 0 Å². The first-order valence-corrected chi connectivity index (χ1v) is 6.74. The number of carbonyl (C=O) groups excluding carboxylic acids is 1. The Labute approximate surface area is 113 Å². The van der Waals surface area contributed by atoms with Crippen molar-refractivity contribution in [1.29, 1.82) is 0 Å². The first-order valence-electron chi connectivity index (χ1n) is 6.74. The molecule has 2 rings (SSSR count). The molecule has 2 heterocycles. The van der Waals surface area contributed by atoms with Gasteiger partial charge in [0.2, 0.25) is 0 Å². The van der Waals surface area contributed by atoms with Crippen LogP contribution in [-0.4, -0.2) is 53.7 Å². The second-order valence-corrected chi connectivity index (χ2v) is 5.08. The topological polar surface area (TPSA) is 65.5 Å². The van der Waals surface area contributed by atoms with Gasteiger partial charge in [-0.05, 0) is 38.6 Å². The summed E-state index contributed by atoms with van der Waals surface area (Å²) in [5.74, 6) is -0.0538. The van der Waals surface area contributed by atoms with Gasteiger partial charge in [0, 0.05) is 43.1 Å². The Morgan fingerprint density at radius 2 is 2.47 bits per heavy atom. The van der Waals surface area contributed by atoms with Crippen molar-refractivity contribution in [1.82, 2.24) is 15.2 Å². The summed E-state index contributed by atoms with van der Waals surface area (Å²) in [4.78, 5) is 18.5. The number of amides is 1. The molecule has 1 aromatic heterocycles. The van der Waals surface area contributed by atoms with Crippen LogP contribution in [0.2, 0.25) is 0 Å². The van der Waals surface area contributed by atoms with Gasteiger partial charge in [-0.3, -0.25) is 9.78 Å². The fourth-order valence-electron chi connectivity index (χ4n) is 2.42. The van der Waals surface area contributed by atoms with Gasteiger partial charge >= 0.3 is 0 Å². The first kappa shape index (κ1) is 14.0. The third-order valence-electron chi connectivity index (χ3n) is 3.41. The summed E-state index contributed by atoms with van der Waals surface area (Å²) < 4.78 is 0. The Morgan fingerprint density at radius 3 is 3.21 bits per heavy atom. The van der Waals surface area contributed by atoms with E-state index in [1.807, 2.05) is 0 Å². The maximum absolute atomic E-state index is 12.2. The molecule has 5 nitrogen and oxygen atoms in total. The molecule has 2 N–H and O–H groups in total. The lowest BCUT2D eigenvalue weighted by Crippen LogP contribution is -2.46. The molecule has 0 radical (unpaired) electrons. The number of carbonyl (C=O) groups is 1. The monoisotopic (exact) mass is 263 g/mol. The van der Waals surface area contributed by atoms with Crippen LogP contribution in [0.25, 0.3) is 0 Å². The van der Waals surface area contributed by atoms with Crippen LogP contribution in [0.1, 0.15) is 28.9 Å². The van der Waals surface area contributed by atoms with Gasteiger partial charge < -0.3 is 15.3 Å². The number of nitrogens with zero attached hydrogens (tertiary/aromatic N) is 2. The van der Waals surface area contributed by atoms with Crippen LogP contribution in [0, 0.1) is 0 Å². The first-order chi connectivity index (χ1) is 9.19. The van der Waals surface area contributed by atoms with E-state index in [1.54, 1.807) is 18.3 Å². The molecule has 104 valence electrons. The van der Waals surface area contributed by atoms with Crippen molar-refractivity contribution in [3.63, 3.8) is 0 Å². The molecule has 1 atom stereocenters. The molecule has 0 bridgehead atoms. The molecule has 0 saturated carbocycles. The zero-order valence-electron chi connectivity index (χ0n) is 11.3. The fourth-order valence-corrected chi connectivity index (χ4v) is 2.42. The van der Waals surface area contributed by atoms with Crippen LogP contribution in [0.3, 0.4) is 0 Å². The molecule has 1 saturated heterocycles. The molecule has 1 amide bonds. The molecular weight excluding hydrogens is 242 g/mol. The van der Waals surface area contributed by atoms with Crippen LogP contribution in [0.5, 0.6) is 0 Å². The minimum Gasteiger partial charge on any atom is -0.396 e. The van der Waals surface area contributed by atoms with Crippen molar-refractivity contribution >= 4 is 5.91 Å². The molecule has 19 heavy (non-hydrogen) atoms. The molecule has 1 aliphatic heterocycles. The van der Waals surface area contributed by atoms with Gasteiger partial charge in [-0.2, -0.15) is 0 Å². The third-order valence-corrected chi connectivity index (χ3v) is 3.41. The van der Waals surface area contributed by atoms with E-state index in [1.165, 1.54) is 0 Å². The second kappa shape index (κ2) is 6.63. The molecule has 1 aliphatic rings. The predicted octanol–water partition coefficient (Wildman–Crippen LogP) is 0.440. The Hall–Kier alpha value is -1.46. The highest BCUT2D eigenvalue weighted by atomic mass is 16.3. The standard InChI is InChI=1S/C14H21N3O2/c1-17-7-2-3-13(10-17)16-14(19)11-4-6-15-12(9-11)5-8-18/h4,6,9,13,18H,2-3,5,7-8,10H2,1H3,(H,16,19). The number of likely N-dealkylation sites (tertiary alicyclic amines) is 1. The van der Waals surface area contributed by atoms with Crippen LogP contribution < -0.4 is 5.32 Å². The quantitative estimate of drug-likeness (QED) is 0.827. The number of likely N-dealkylation sites (N-methyl/N-ethyl adjacent to an activating group) is 1. The molecule has 0 aliphatic carbocycles. The van der Waals surface area contributed by atoms with Gasteiger partial charge in [0.05, 0.1) is 0 Å². The van der Waals surface area contributed by atoms with Crippen LogP contribution in [0.15, 0.2) is 18.3 Å². The molecule has 5 heteroatoms. The van der Waals surface area contributed by atoms with Crippen molar-refractivity contribution in [2.75, 3.05) is 26.7 Å². The smallest absolute Gasteiger partial charge is 0.251 e. The van der Waals surface area contributed by atoms with E-state index in [0.717, 1.165) is 31.6 Å². The van der Waals surface area contributed by atoms with Crippen LogP contribution >= 0.6 is 0 Å². The number of hydrogen-bond acceptors (Lipinski definition) is 4. The normalized spacial score (nSPS) is 20.2. The van der Waals surface area contributed by atoms with Crippen molar-refractivity contribution in [3.05, 3.63) is 29.6 Å². The minimum absolute atomic E-state index is 0.0471. The van der Waals surface area contributed by atoms with Crippen molar-refractivity contribution in [2.45, 2.75) is 25.3 Å². The summed E-state index contributed by atoms with van der Waals surface area (Å²) in [5, 5.41) is 12.0. The summed E-state index contributed by atoms with van der Waals surface area (Å²) in [5.41, 5.74) is 1.36. The van der Waals surface area contributed by atoms with Crippen molar-refractivity contribution in [2.24, 2.45) is 0 Å².